The highest BCUT2D eigenvalue weighted by atomic mass is 15.3. The molecule has 0 N–H and O–H groups in total. The van der Waals surface area contributed by atoms with E-state index in [-0.39, 0.29) is 0 Å². The molecule has 3 rings (SSSR count). The van der Waals surface area contributed by atoms with Crippen LogP contribution >= 0.6 is 0 Å². The molecule has 2 aromatic rings. The predicted molar refractivity (Wildman–Crippen MR) is 88.2 cm³/mol. The summed E-state index contributed by atoms with van der Waals surface area (Å²) < 4.78 is 2.23. The quantitative estimate of drug-likeness (QED) is 0.868. The Bertz CT molecular complexity index is 727. The van der Waals surface area contributed by atoms with Gasteiger partial charge in [0.15, 0.2) is 0 Å². The average Bonchev–Trinajstić information content (AvgIpc) is 3.16. The van der Waals surface area contributed by atoms with E-state index in [4.69, 9.17) is 5.26 Å². The second kappa shape index (κ2) is 6.37. The van der Waals surface area contributed by atoms with Crippen LogP contribution in [0, 0.1) is 18.3 Å². The van der Waals surface area contributed by atoms with Gasteiger partial charge in [-0.25, -0.2) is 15.0 Å². The SMILES string of the molecule is Cc1cc(C#N)nc(N2CCCC2Cn2ccnc2C(C)C)n1. The van der Waals surface area contributed by atoms with Gasteiger partial charge in [-0.3, -0.25) is 0 Å². The molecule has 23 heavy (non-hydrogen) atoms. The Morgan fingerprint density at radius 2 is 2.22 bits per heavy atom. The summed E-state index contributed by atoms with van der Waals surface area (Å²) in [5.74, 6) is 2.19. The second-order valence-electron chi connectivity index (χ2n) is 6.39. The van der Waals surface area contributed by atoms with Crippen LogP contribution in [-0.2, 0) is 6.54 Å². The van der Waals surface area contributed by atoms with Gasteiger partial charge in [-0.15, -0.1) is 0 Å². The molecule has 0 bridgehead atoms. The highest BCUT2D eigenvalue weighted by molar-refractivity contribution is 5.38. The molecule has 1 fully saturated rings. The van der Waals surface area contributed by atoms with E-state index in [1.807, 2.05) is 19.3 Å². The van der Waals surface area contributed by atoms with E-state index in [1.165, 1.54) is 0 Å². The summed E-state index contributed by atoms with van der Waals surface area (Å²) >= 11 is 0. The number of hydrogen-bond donors (Lipinski definition) is 0. The molecule has 0 spiro atoms. The maximum Gasteiger partial charge on any atom is 0.227 e. The van der Waals surface area contributed by atoms with Crippen molar-refractivity contribution in [3.8, 4) is 6.07 Å². The summed E-state index contributed by atoms with van der Waals surface area (Å²) in [6.07, 6.45) is 6.14. The van der Waals surface area contributed by atoms with Crippen molar-refractivity contribution in [3.63, 3.8) is 0 Å². The number of aromatic nitrogens is 4. The largest absolute Gasteiger partial charge is 0.336 e. The van der Waals surface area contributed by atoms with Gasteiger partial charge >= 0.3 is 0 Å². The van der Waals surface area contributed by atoms with Crippen LogP contribution in [-0.4, -0.2) is 32.1 Å². The normalized spacial score (nSPS) is 17.7. The molecular formula is C17H22N6. The highest BCUT2D eigenvalue weighted by Gasteiger charge is 2.28. The van der Waals surface area contributed by atoms with E-state index in [0.29, 0.717) is 23.6 Å². The van der Waals surface area contributed by atoms with Crippen LogP contribution in [0.25, 0.3) is 0 Å². The Kier molecular flexibility index (Phi) is 4.28. The minimum Gasteiger partial charge on any atom is -0.336 e. The fourth-order valence-corrected chi connectivity index (χ4v) is 3.23. The number of imidazole rings is 1. The van der Waals surface area contributed by atoms with Gasteiger partial charge in [0.05, 0.1) is 0 Å². The Balaban J connectivity index is 1.85. The van der Waals surface area contributed by atoms with E-state index in [9.17, 15) is 0 Å². The van der Waals surface area contributed by atoms with E-state index in [2.05, 4.69) is 44.3 Å². The fraction of sp³-hybridized carbons (Fsp3) is 0.529. The van der Waals surface area contributed by atoms with Crippen LogP contribution in [0.15, 0.2) is 18.5 Å². The molecule has 3 heterocycles. The Hall–Kier alpha value is -2.42. The van der Waals surface area contributed by atoms with Gasteiger partial charge in [-0.2, -0.15) is 5.26 Å². The van der Waals surface area contributed by atoms with Crippen LogP contribution in [0.3, 0.4) is 0 Å². The second-order valence-corrected chi connectivity index (χ2v) is 6.39. The molecule has 1 saturated heterocycles. The molecule has 1 aliphatic rings. The monoisotopic (exact) mass is 310 g/mol. The van der Waals surface area contributed by atoms with Crippen LogP contribution in [0.2, 0.25) is 0 Å². The topological polar surface area (TPSA) is 70.6 Å². The number of aryl methyl sites for hydroxylation is 1. The summed E-state index contributed by atoms with van der Waals surface area (Å²) in [5, 5.41) is 9.13. The molecule has 120 valence electrons. The summed E-state index contributed by atoms with van der Waals surface area (Å²) in [6, 6.07) is 4.19. The molecule has 0 amide bonds. The third kappa shape index (κ3) is 3.19. The van der Waals surface area contributed by atoms with Gasteiger partial charge in [-0.05, 0) is 25.8 Å². The maximum atomic E-state index is 9.13. The number of hydrogen-bond acceptors (Lipinski definition) is 5. The van der Waals surface area contributed by atoms with Crippen molar-refractivity contribution in [1.82, 2.24) is 19.5 Å². The summed E-state index contributed by atoms with van der Waals surface area (Å²) in [6.45, 7) is 8.05. The first kappa shape index (κ1) is 15.5. The minimum atomic E-state index is 0.343. The smallest absolute Gasteiger partial charge is 0.227 e. The Morgan fingerprint density at radius 1 is 1.39 bits per heavy atom. The van der Waals surface area contributed by atoms with Gasteiger partial charge in [-0.1, -0.05) is 13.8 Å². The van der Waals surface area contributed by atoms with Crippen LogP contribution < -0.4 is 4.90 Å². The lowest BCUT2D eigenvalue weighted by atomic mass is 10.2. The van der Waals surface area contributed by atoms with E-state index in [0.717, 1.165) is 37.4 Å². The first-order chi connectivity index (χ1) is 11.1. The van der Waals surface area contributed by atoms with Crippen LogP contribution in [0.1, 0.15) is 49.8 Å². The van der Waals surface area contributed by atoms with Crippen LogP contribution in [0.5, 0.6) is 0 Å². The van der Waals surface area contributed by atoms with Gasteiger partial charge in [0.1, 0.15) is 17.6 Å². The van der Waals surface area contributed by atoms with Crippen molar-refractivity contribution < 1.29 is 0 Å². The van der Waals surface area contributed by atoms with Crippen molar-refractivity contribution in [3.05, 3.63) is 35.7 Å². The fourth-order valence-electron chi connectivity index (χ4n) is 3.23. The average molecular weight is 310 g/mol. The highest BCUT2D eigenvalue weighted by Crippen LogP contribution is 2.25. The van der Waals surface area contributed by atoms with Crippen molar-refractivity contribution in [2.24, 2.45) is 0 Å². The number of rotatable bonds is 4. The van der Waals surface area contributed by atoms with Crippen molar-refractivity contribution >= 4 is 5.95 Å². The first-order valence-corrected chi connectivity index (χ1v) is 8.12. The van der Waals surface area contributed by atoms with Gasteiger partial charge in [0, 0.05) is 43.1 Å². The lowest BCUT2D eigenvalue weighted by Crippen LogP contribution is -2.34. The molecule has 2 aromatic heterocycles. The lowest BCUT2D eigenvalue weighted by molar-refractivity contribution is 0.518. The zero-order valence-corrected chi connectivity index (χ0v) is 13.9. The van der Waals surface area contributed by atoms with Crippen molar-refractivity contribution in [2.45, 2.75) is 52.1 Å². The molecule has 1 atom stereocenters. The molecule has 0 aromatic carbocycles. The summed E-state index contributed by atoms with van der Waals surface area (Å²) in [4.78, 5) is 15.6. The van der Waals surface area contributed by atoms with E-state index in [1.54, 1.807) is 6.07 Å². The molecule has 0 aliphatic carbocycles. The zero-order valence-electron chi connectivity index (χ0n) is 13.9. The van der Waals surface area contributed by atoms with Gasteiger partial charge in [0.2, 0.25) is 5.95 Å². The Labute approximate surface area is 136 Å². The third-order valence-corrected chi connectivity index (χ3v) is 4.26. The van der Waals surface area contributed by atoms with Crippen LogP contribution in [0.4, 0.5) is 5.95 Å². The number of anilines is 1. The minimum absolute atomic E-state index is 0.343. The number of nitrogens with zero attached hydrogens (tertiary/aromatic N) is 6. The maximum absolute atomic E-state index is 9.13. The molecule has 1 aliphatic heterocycles. The van der Waals surface area contributed by atoms with Crippen molar-refractivity contribution in [2.75, 3.05) is 11.4 Å². The zero-order chi connectivity index (χ0) is 16.4. The molecule has 6 heteroatoms. The van der Waals surface area contributed by atoms with Crippen molar-refractivity contribution in [1.29, 1.82) is 5.26 Å². The first-order valence-electron chi connectivity index (χ1n) is 8.12. The molecule has 1 unspecified atom stereocenters. The van der Waals surface area contributed by atoms with Gasteiger partial charge in [0.25, 0.3) is 0 Å². The lowest BCUT2D eigenvalue weighted by Gasteiger charge is -2.26. The van der Waals surface area contributed by atoms with Gasteiger partial charge < -0.3 is 9.47 Å². The standard InChI is InChI=1S/C17H22N6/c1-12(2)16-19-6-8-22(16)11-15-5-4-7-23(15)17-20-13(3)9-14(10-18)21-17/h6,8-9,12,15H,4-5,7,11H2,1-3H3. The summed E-state index contributed by atoms with van der Waals surface area (Å²) in [5.41, 5.74) is 1.27. The predicted octanol–water partition coefficient (Wildman–Crippen LogP) is 2.65. The molecular weight excluding hydrogens is 288 g/mol. The van der Waals surface area contributed by atoms with E-state index >= 15 is 0 Å². The Morgan fingerprint density at radius 3 is 2.96 bits per heavy atom. The third-order valence-electron chi connectivity index (χ3n) is 4.26. The number of nitriles is 1. The molecule has 0 radical (unpaired) electrons. The summed E-state index contributed by atoms with van der Waals surface area (Å²) in [7, 11) is 0. The molecule has 6 nitrogen and oxygen atoms in total. The molecule has 0 saturated carbocycles. The van der Waals surface area contributed by atoms with E-state index < -0.39 is 0 Å².